The van der Waals surface area contributed by atoms with Crippen molar-refractivity contribution < 1.29 is 19.5 Å². The highest BCUT2D eigenvalue weighted by Crippen LogP contribution is 2.31. The molecule has 0 aromatic carbocycles. The molecule has 2 rings (SSSR count). The van der Waals surface area contributed by atoms with Crippen molar-refractivity contribution in [3.05, 3.63) is 0 Å². The van der Waals surface area contributed by atoms with E-state index in [1.54, 1.807) is 4.90 Å². The van der Waals surface area contributed by atoms with Crippen LogP contribution in [-0.4, -0.2) is 46.9 Å². The lowest BCUT2D eigenvalue weighted by Gasteiger charge is -2.29. The number of hydrogen-bond acceptors (Lipinski definition) is 3. The Balaban J connectivity index is 1.88. The van der Waals surface area contributed by atoms with Crippen molar-refractivity contribution in [2.75, 3.05) is 13.1 Å². The molecule has 0 radical (unpaired) electrons. The largest absolute Gasteiger partial charge is 0.481 e. The number of nitrogens with one attached hydrogen (secondary N) is 1. The zero-order valence-electron chi connectivity index (χ0n) is 11.8. The summed E-state index contributed by atoms with van der Waals surface area (Å²) in [4.78, 5) is 36.3. The average molecular weight is 282 g/mol. The molecule has 1 aliphatic carbocycles. The maximum atomic E-state index is 12.4. The summed E-state index contributed by atoms with van der Waals surface area (Å²) in [6, 6.07) is 0.0373. The van der Waals surface area contributed by atoms with E-state index in [4.69, 9.17) is 5.11 Å². The highest BCUT2D eigenvalue weighted by atomic mass is 16.4. The summed E-state index contributed by atoms with van der Waals surface area (Å²) in [7, 11) is 0. The fraction of sp³-hybridized carbons (Fsp3) is 0.786. The quantitative estimate of drug-likeness (QED) is 0.794. The molecule has 2 N–H and O–H groups in total. The Morgan fingerprint density at radius 3 is 2.50 bits per heavy atom. The molecule has 1 saturated carbocycles. The molecule has 3 atom stereocenters. The van der Waals surface area contributed by atoms with Crippen LogP contribution in [0.15, 0.2) is 0 Å². The lowest BCUT2D eigenvalue weighted by atomic mass is 9.81. The van der Waals surface area contributed by atoms with Crippen molar-refractivity contribution in [2.24, 2.45) is 11.8 Å². The van der Waals surface area contributed by atoms with Crippen LogP contribution in [0.1, 0.15) is 39.0 Å². The zero-order chi connectivity index (χ0) is 14.7. The maximum Gasteiger partial charge on any atom is 0.306 e. The van der Waals surface area contributed by atoms with E-state index >= 15 is 0 Å². The van der Waals surface area contributed by atoms with Crippen molar-refractivity contribution in [3.63, 3.8) is 0 Å². The van der Waals surface area contributed by atoms with Crippen LogP contribution in [0.5, 0.6) is 0 Å². The molecule has 112 valence electrons. The molecule has 0 bridgehead atoms. The molecule has 0 spiro atoms. The molecule has 2 amide bonds. The molecule has 6 nitrogen and oxygen atoms in total. The van der Waals surface area contributed by atoms with E-state index in [-0.39, 0.29) is 29.7 Å². The average Bonchev–Trinajstić information content (AvgIpc) is 2.85. The predicted octanol–water partition coefficient (Wildman–Crippen LogP) is 0.614. The van der Waals surface area contributed by atoms with Crippen molar-refractivity contribution >= 4 is 17.8 Å². The first kappa shape index (κ1) is 14.8. The van der Waals surface area contributed by atoms with E-state index in [9.17, 15) is 14.4 Å². The second kappa shape index (κ2) is 6.24. The number of hydrogen-bond donors (Lipinski definition) is 2. The van der Waals surface area contributed by atoms with Crippen LogP contribution in [0.2, 0.25) is 0 Å². The first-order valence-electron chi connectivity index (χ1n) is 7.26. The minimum atomic E-state index is -0.792. The van der Waals surface area contributed by atoms with E-state index in [1.165, 1.54) is 6.92 Å². The lowest BCUT2D eigenvalue weighted by Crippen LogP contribution is -2.41. The third kappa shape index (κ3) is 3.49. The number of rotatable bonds is 3. The third-order valence-electron chi connectivity index (χ3n) is 4.28. The van der Waals surface area contributed by atoms with Gasteiger partial charge in [0.25, 0.3) is 0 Å². The van der Waals surface area contributed by atoms with Crippen LogP contribution in [0.25, 0.3) is 0 Å². The fourth-order valence-electron chi connectivity index (χ4n) is 3.26. The summed E-state index contributed by atoms with van der Waals surface area (Å²) in [5.74, 6) is -1.36. The van der Waals surface area contributed by atoms with Gasteiger partial charge in [0.1, 0.15) is 0 Å². The number of carboxylic acids is 1. The van der Waals surface area contributed by atoms with Crippen molar-refractivity contribution in [1.29, 1.82) is 0 Å². The normalized spacial score (nSPS) is 30.1. The minimum Gasteiger partial charge on any atom is -0.481 e. The Bertz CT molecular complexity index is 410. The lowest BCUT2D eigenvalue weighted by molar-refractivity contribution is -0.145. The number of aliphatic carboxylic acids is 1. The van der Waals surface area contributed by atoms with Gasteiger partial charge in [-0.15, -0.1) is 0 Å². The standard InChI is InChI=1S/C14H22N2O4/c1-9(17)15-12-5-6-16(8-12)13(18)10-3-2-4-11(7-10)14(19)20/h10-12H,2-8H2,1H3,(H,15,17)(H,19,20). The van der Waals surface area contributed by atoms with Crippen LogP contribution >= 0.6 is 0 Å². The number of amides is 2. The van der Waals surface area contributed by atoms with E-state index < -0.39 is 5.97 Å². The number of carbonyl (C=O) groups excluding carboxylic acids is 2. The SMILES string of the molecule is CC(=O)NC1CCN(C(=O)C2CCCC(C(=O)O)C2)C1. The highest BCUT2D eigenvalue weighted by Gasteiger charge is 2.35. The molecule has 2 aliphatic rings. The van der Waals surface area contributed by atoms with Crippen LogP contribution in [0, 0.1) is 11.8 Å². The van der Waals surface area contributed by atoms with Crippen LogP contribution in [0.4, 0.5) is 0 Å². The third-order valence-corrected chi connectivity index (χ3v) is 4.28. The van der Waals surface area contributed by atoms with Crippen LogP contribution in [-0.2, 0) is 14.4 Å². The van der Waals surface area contributed by atoms with Gasteiger partial charge in [-0.05, 0) is 25.7 Å². The van der Waals surface area contributed by atoms with E-state index in [2.05, 4.69) is 5.32 Å². The summed E-state index contributed by atoms with van der Waals surface area (Å²) >= 11 is 0. The zero-order valence-corrected chi connectivity index (χ0v) is 11.8. The number of nitrogens with zero attached hydrogens (tertiary/aromatic N) is 1. The molecular weight excluding hydrogens is 260 g/mol. The van der Waals surface area contributed by atoms with Crippen molar-refractivity contribution in [3.8, 4) is 0 Å². The Morgan fingerprint density at radius 2 is 1.85 bits per heavy atom. The van der Waals surface area contributed by atoms with Gasteiger partial charge >= 0.3 is 5.97 Å². The van der Waals surface area contributed by atoms with Gasteiger partial charge in [0.2, 0.25) is 11.8 Å². The molecule has 0 aromatic heterocycles. The molecule has 1 heterocycles. The molecule has 0 aromatic rings. The van der Waals surface area contributed by atoms with Gasteiger partial charge in [-0.3, -0.25) is 14.4 Å². The smallest absolute Gasteiger partial charge is 0.306 e. The minimum absolute atomic E-state index is 0.0373. The number of likely N-dealkylation sites (tertiary alicyclic amines) is 1. The Morgan fingerprint density at radius 1 is 1.15 bits per heavy atom. The summed E-state index contributed by atoms with van der Waals surface area (Å²) in [5, 5.41) is 11.9. The Labute approximate surface area is 118 Å². The second-order valence-corrected chi connectivity index (χ2v) is 5.87. The predicted molar refractivity (Wildman–Crippen MR) is 71.9 cm³/mol. The van der Waals surface area contributed by atoms with Crippen LogP contribution < -0.4 is 5.32 Å². The van der Waals surface area contributed by atoms with Crippen molar-refractivity contribution in [1.82, 2.24) is 10.2 Å². The number of carboxylic acid groups (broad SMARTS) is 1. The van der Waals surface area contributed by atoms with Gasteiger partial charge in [0.15, 0.2) is 0 Å². The molecule has 6 heteroatoms. The van der Waals surface area contributed by atoms with Gasteiger partial charge in [0, 0.05) is 32.0 Å². The molecule has 1 saturated heterocycles. The maximum absolute atomic E-state index is 12.4. The summed E-state index contributed by atoms with van der Waals surface area (Å²) in [6.07, 6.45) is 3.49. The summed E-state index contributed by atoms with van der Waals surface area (Å²) in [5.41, 5.74) is 0. The summed E-state index contributed by atoms with van der Waals surface area (Å²) < 4.78 is 0. The topological polar surface area (TPSA) is 86.7 Å². The molecule has 1 aliphatic heterocycles. The monoisotopic (exact) mass is 282 g/mol. The van der Waals surface area contributed by atoms with E-state index in [1.807, 2.05) is 0 Å². The first-order valence-corrected chi connectivity index (χ1v) is 7.26. The van der Waals surface area contributed by atoms with E-state index in [0.29, 0.717) is 25.9 Å². The van der Waals surface area contributed by atoms with Gasteiger partial charge in [-0.25, -0.2) is 0 Å². The number of carbonyl (C=O) groups is 3. The van der Waals surface area contributed by atoms with Crippen molar-refractivity contribution in [2.45, 2.75) is 45.1 Å². The first-order chi connectivity index (χ1) is 9.47. The van der Waals surface area contributed by atoms with Gasteiger partial charge in [-0.2, -0.15) is 0 Å². The molecular formula is C14H22N2O4. The highest BCUT2D eigenvalue weighted by molar-refractivity contribution is 5.81. The molecule has 2 fully saturated rings. The van der Waals surface area contributed by atoms with Crippen LogP contribution in [0.3, 0.4) is 0 Å². The molecule has 3 unspecified atom stereocenters. The summed E-state index contributed by atoms with van der Waals surface area (Å²) in [6.45, 7) is 2.67. The second-order valence-electron chi connectivity index (χ2n) is 5.87. The van der Waals surface area contributed by atoms with Gasteiger partial charge < -0.3 is 15.3 Å². The van der Waals surface area contributed by atoms with Gasteiger partial charge in [-0.1, -0.05) is 6.42 Å². The fourth-order valence-corrected chi connectivity index (χ4v) is 3.26. The van der Waals surface area contributed by atoms with E-state index in [0.717, 1.165) is 19.3 Å². The Kier molecular flexibility index (Phi) is 4.62. The van der Waals surface area contributed by atoms with Gasteiger partial charge in [0.05, 0.1) is 5.92 Å². The Hall–Kier alpha value is -1.59. The molecule has 20 heavy (non-hydrogen) atoms.